The monoisotopic (exact) mass is 476 g/mol. The van der Waals surface area contributed by atoms with Crippen LogP contribution in [0.15, 0.2) is 36.9 Å². The summed E-state index contributed by atoms with van der Waals surface area (Å²) < 4.78 is 11.6. The van der Waals surface area contributed by atoms with E-state index in [2.05, 4.69) is 6.58 Å². The fourth-order valence-corrected chi connectivity index (χ4v) is 5.93. The van der Waals surface area contributed by atoms with Crippen LogP contribution in [-0.2, 0) is 23.9 Å². The van der Waals surface area contributed by atoms with Gasteiger partial charge in [-0.2, -0.15) is 0 Å². The summed E-state index contributed by atoms with van der Waals surface area (Å²) in [6, 6.07) is 5.29. The molecule has 178 valence electrons. The average molecular weight is 477 g/mol. The van der Waals surface area contributed by atoms with Crippen LogP contribution in [0.1, 0.15) is 26.7 Å². The smallest absolute Gasteiger partial charge is 0.312 e. The minimum Gasteiger partial charge on any atom is -0.466 e. The first-order chi connectivity index (χ1) is 15.8. The Kier molecular flexibility index (Phi) is 6.53. The van der Waals surface area contributed by atoms with Gasteiger partial charge < -0.3 is 24.4 Å². The van der Waals surface area contributed by atoms with Crippen LogP contribution in [0.3, 0.4) is 0 Å². The quantitative estimate of drug-likeness (QED) is 0.456. The third-order valence-corrected chi connectivity index (χ3v) is 7.31. The van der Waals surface area contributed by atoms with Gasteiger partial charge in [0.25, 0.3) is 5.91 Å². The second-order valence-electron chi connectivity index (χ2n) is 8.77. The number of ether oxygens (including phenoxy) is 2. The molecular weight excluding hydrogens is 448 g/mol. The first kappa shape index (κ1) is 23.7. The summed E-state index contributed by atoms with van der Waals surface area (Å²) in [4.78, 5) is 43.5. The van der Waals surface area contributed by atoms with Crippen LogP contribution in [0, 0.1) is 11.8 Å². The van der Waals surface area contributed by atoms with Gasteiger partial charge in [0.1, 0.15) is 11.6 Å². The third-order valence-electron chi connectivity index (χ3n) is 6.99. The molecule has 2 bridgehead atoms. The molecule has 1 aromatic carbocycles. The molecule has 2 amide bonds. The van der Waals surface area contributed by atoms with Gasteiger partial charge in [-0.05, 0) is 38.8 Å². The first-order valence-electron chi connectivity index (χ1n) is 11.3. The topological polar surface area (TPSA) is 96.4 Å². The summed E-state index contributed by atoms with van der Waals surface area (Å²) in [5.41, 5.74) is -0.678. The highest BCUT2D eigenvalue weighted by Crippen LogP contribution is 2.59. The van der Waals surface area contributed by atoms with Crippen molar-refractivity contribution in [3.05, 3.63) is 41.9 Å². The van der Waals surface area contributed by atoms with Gasteiger partial charge in [-0.25, -0.2) is 0 Å². The number of anilines is 1. The normalized spacial score (nSPS) is 30.8. The minimum absolute atomic E-state index is 0.167. The number of hydrogen-bond donors (Lipinski definition) is 1. The third kappa shape index (κ3) is 3.55. The molecule has 3 aliphatic heterocycles. The lowest BCUT2D eigenvalue weighted by Crippen LogP contribution is -2.58. The predicted octanol–water partition coefficient (Wildman–Crippen LogP) is 2.18. The number of benzene rings is 1. The van der Waals surface area contributed by atoms with Crippen molar-refractivity contribution in [2.45, 2.75) is 50.5 Å². The van der Waals surface area contributed by atoms with Crippen molar-refractivity contribution in [2.24, 2.45) is 11.8 Å². The number of esters is 1. The van der Waals surface area contributed by atoms with Gasteiger partial charge in [0.2, 0.25) is 5.91 Å². The van der Waals surface area contributed by atoms with Gasteiger partial charge in [0.05, 0.1) is 47.9 Å². The molecule has 3 heterocycles. The molecule has 1 N–H and O–H groups in total. The molecule has 33 heavy (non-hydrogen) atoms. The van der Waals surface area contributed by atoms with Crippen molar-refractivity contribution >= 4 is 35.1 Å². The molecule has 8 nitrogen and oxygen atoms in total. The summed E-state index contributed by atoms with van der Waals surface area (Å²) in [7, 11) is 0. The number of carbonyl (C=O) groups excluding carboxylic acids is 3. The summed E-state index contributed by atoms with van der Waals surface area (Å²) in [5, 5.41) is 10.3. The van der Waals surface area contributed by atoms with Crippen molar-refractivity contribution in [2.75, 3.05) is 24.7 Å². The van der Waals surface area contributed by atoms with Crippen LogP contribution in [-0.4, -0.2) is 71.3 Å². The molecule has 6 atom stereocenters. The van der Waals surface area contributed by atoms with E-state index in [1.165, 1.54) is 9.80 Å². The van der Waals surface area contributed by atoms with E-state index in [1.807, 2.05) is 0 Å². The van der Waals surface area contributed by atoms with E-state index >= 15 is 0 Å². The molecule has 0 aromatic heterocycles. The molecule has 3 fully saturated rings. The van der Waals surface area contributed by atoms with Crippen LogP contribution in [0.5, 0.6) is 0 Å². The number of halogens is 1. The lowest BCUT2D eigenvalue weighted by Gasteiger charge is -2.38. The van der Waals surface area contributed by atoms with Crippen molar-refractivity contribution < 1.29 is 29.0 Å². The number of aliphatic hydroxyl groups is 1. The predicted molar refractivity (Wildman–Crippen MR) is 122 cm³/mol. The van der Waals surface area contributed by atoms with Crippen LogP contribution in [0.2, 0.25) is 5.02 Å². The Hall–Kier alpha value is -2.42. The number of fused-ring (bicyclic) bond motifs is 1. The summed E-state index contributed by atoms with van der Waals surface area (Å²) in [5.74, 6) is -2.85. The van der Waals surface area contributed by atoms with E-state index in [0.29, 0.717) is 23.6 Å². The molecule has 0 radical (unpaired) electrons. The molecule has 9 heteroatoms. The van der Waals surface area contributed by atoms with Crippen LogP contribution in [0.4, 0.5) is 5.69 Å². The van der Waals surface area contributed by atoms with E-state index in [4.69, 9.17) is 21.1 Å². The van der Waals surface area contributed by atoms with Gasteiger partial charge >= 0.3 is 5.97 Å². The number of hydrogen-bond acceptors (Lipinski definition) is 6. The van der Waals surface area contributed by atoms with Crippen molar-refractivity contribution in [3.8, 4) is 0 Å². The van der Waals surface area contributed by atoms with Gasteiger partial charge in [0, 0.05) is 6.54 Å². The van der Waals surface area contributed by atoms with Crippen molar-refractivity contribution in [1.82, 2.24) is 4.90 Å². The van der Waals surface area contributed by atoms with E-state index in [1.54, 1.807) is 44.2 Å². The number of rotatable bonds is 8. The van der Waals surface area contributed by atoms with Crippen LogP contribution < -0.4 is 4.90 Å². The molecular formula is C24H29ClN2O6. The highest BCUT2D eigenvalue weighted by Gasteiger charge is 2.75. The Labute approximate surface area is 198 Å². The Morgan fingerprint density at radius 3 is 2.82 bits per heavy atom. The zero-order valence-electron chi connectivity index (χ0n) is 18.8. The molecule has 3 aliphatic rings. The molecule has 0 saturated carbocycles. The maximum atomic E-state index is 14.1. The second-order valence-corrected chi connectivity index (χ2v) is 9.18. The molecule has 0 aliphatic carbocycles. The lowest BCUT2D eigenvalue weighted by molar-refractivity contribution is -0.155. The first-order valence-corrected chi connectivity index (χ1v) is 11.6. The van der Waals surface area contributed by atoms with Gasteiger partial charge in [-0.3, -0.25) is 14.4 Å². The second kappa shape index (κ2) is 9.08. The highest BCUT2D eigenvalue weighted by molar-refractivity contribution is 6.34. The Bertz CT molecular complexity index is 970. The fraction of sp³-hybridized carbons (Fsp3) is 0.542. The van der Waals surface area contributed by atoms with Gasteiger partial charge in [-0.15, -0.1) is 6.58 Å². The van der Waals surface area contributed by atoms with E-state index in [9.17, 15) is 19.5 Å². The number of amides is 2. The maximum Gasteiger partial charge on any atom is 0.312 e. The standard InChI is InChI=1S/C24H29ClN2O6/c1-4-12-26(16-9-7-6-8-15(16)25)22(30)20-24-11-10-17(33-24)18(23(31)32-5-2)19(24)21(29)27(20)14(3)13-28/h4,6-9,14,17-20,28H,1,5,10-13H2,2-3H3/t14-,17-,18+,19+,20?,24?/m1/s1. The largest absolute Gasteiger partial charge is 0.466 e. The number of carbonyl (C=O) groups is 3. The van der Waals surface area contributed by atoms with Crippen molar-refractivity contribution in [3.63, 3.8) is 0 Å². The zero-order chi connectivity index (χ0) is 23.9. The average Bonchev–Trinajstić information content (AvgIpc) is 3.44. The number of likely N-dealkylation sites (tertiary alicyclic amines) is 1. The maximum absolute atomic E-state index is 14.1. The van der Waals surface area contributed by atoms with Crippen LogP contribution in [0.25, 0.3) is 0 Å². The molecule has 2 unspecified atom stereocenters. The zero-order valence-corrected chi connectivity index (χ0v) is 19.5. The van der Waals surface area contributed by atoms with E-state index in [-0.39, 0.29) is 31.6 Å². The molecule has 4 rings (SSSR count). The Balaban J connectivity index is 1.80. The molecule has 1 spiro atoms. The summed E-state index contributed by atoms with van der Waals surface area (Å²) in [6.45, 7) is 7.18. The highest BCUT2D eigenvalue weighted by atomic mass is 35.5. The van der Waals surface area contributed by atoms with Gasteiger partial charge in [-0.1, -0.05) is 29.8 Å². The fourth-order valence-electron chi connectivity index (χ4n) is 5.69. The van der Waals surface area contributed by atoms with E-state index in [0.717, 1.165) is 0 Å². The number of aliphatic hydroxyl groups excluding tert-OH is 1. The minimum atomic E-state index is -1.17. The SMILES string of the molecule is C=CCN(C(=O)C1N([C@H](C)CO)C(=O)[C@@H]2[C@@H](C(=O)OCC)[C@H]3CCC12O3)c1ccccc1Cl. The van der Waals surface area contributed by atoms with E-state index < -0.39 is 41.6 Å². The number of para-hydroxylation sites is 1. The molecule has 3 saturated heterocycles. The number of nitrogens with zero attached hydrogens (tertiary/aromatic N) is 2. The summed E-state index contributed by atoms with van der Waals surface area (Å²) in [6.07, 6.45) is 2.11. The Morgan fingerprint density at radius 1 is 1.45 bits per heavy atom. The lowest BCUT2D eigenvalue weighted by atomic mass is 9.70. The molecule has 1 aromatic rings. The summed E-state index contributed by atoms with van der Waals surface area (Å²) >= 11 is 6.41. The van der Waals surface area contributed by atoms with Crippen LogP contribution >= 0.6 is 11.6 Å². The van der Waals surface area contributed by atoms with Crippen molar-refractivity contribution in [1.29, 1.82) is 0 Å². The van der Waals surface area contributed by atoms with Gasteiger partial charge in [0.15, 0.2) is 0 Å². The Morgan fingerprint density at radius 2 is 2.18 bits per heavy atom.